The van der Waals surface area contributed by atoms with Gasteiger partial charge in [0.05, 0.1) is 5.41 Å². The molecule has 0 saturated carbocycles. The lowest BCUT2D eigenvalue weighted by Crippen LogP contribution is -2.41. The van der Waals surface area contributed by atoms with Crippen molar-refractivity contribution < 1.29 is 0 Å². The molecule has 50 heavy (non-hydrogen) atoms. The summed E-state index contributed by atoms with van der Waals surface area (Å²) < 4.78 is 0. The number of aliphatic imine (C=N–C) groups is 4. The maximum absolute atomic E-state index is 5.12. The first-order valence-corrected chi connectivity index (χ1v) is 17.5. The summed E-state index contributed by atoms with van der Waals surface area (Å²) >= 11 is 0. The van der Waals surface area contributed by atoms with Crippen molar-refractivity contribution in [1.82, 2.24) is 0 Å². The highest BCUT2D eigenvalue weighted by Gasteiger charge is 2.50. The van der Waals surface area contributed by atoms with Crippen LogP contribution in [0.25, 0.3) is 5.57 Å². The van der Waals surface area contributed by atoms with E-state index >= 15 is 0 Å². The van der Waals surface area contributed by atoms with Gasteiger partial charge in [-0.2, -0.15) is 0 Å². The van der Waals surface area contributed by atoms with Crippen molar-refractivity contribution in [3.05, 3.63) is 185 Å². The largest absolute Gasteiger partial charge is 0.270 e. The van der Waals surface area contributed by atoms with E-state index in [0.717, 1.165) is 48.1 Å². The smallest absolute Gasteiger partial charge is 0.161 e. The molecule has 4 aliphatic carbocycles. The Bertz CT molecular complexity index is 2040. The van der Waals surface area contributed by atoms with Crippen LogP contribution in [0.5, 0.6) is 0 Å². The van der Waals surface area contributed by atoms with Crippen molar-refractivity contribution in [2.24, 2.45) is 25.9 Å². The molecule has 2 atom stereocenters. The number of hydrogen-bond acceptors (Lipinski definition) is 2. The normalized spacial score (nSPS) is 22.6. The number of benzene rings is 2. The summed E-state index contributed by atoms with van der Waals surface area (Å²) in [6.45, 7) is 10.3. The molecular weight excluding hydrogens is 609 g/mol. The van der Waals surface area contributed by atoms with E-state index in [1.807, 2.05) is 18.5 Å². The minimum absolute atomic E-state index is 0.235. The van der Waals surface area contributed by atoms with Crippen LogP contribution in [-0.2, 0) is 5.41 Å². The average Bonchev–Trinajstić information content (AvgIpc) is 3.50. The molecule has 250 valence electrons. The Balaban J connectivity index is 1.48. The van der Waals surface area contributed by atoms with E-state index in [0.29, 0.717) is 11.7 Å². The molecular formula is C46H46N4. The molecule has 0 spiro atoms. The van der Waals surface area contributed by atoms with Gasteiger partial charge in [0.25, 0.3) is 0 Å². The number of rotatable bonds is 7. The summed E-state index contributed by atoms with van der Waals surface area (Å²) in [6, 6.07) is 17.2. The molecule has 0 fully saturated rings. The zero-order chi connectivity index (χ0) is 34.9. The van der Waals surface area contributed by atoms with Gasteiger partial charge in [-0.25, -0.2) is 9.98 Å². The molecule has 4 aliphatic rings. The summed E-state index contributed by atoms with van der Waals surface area (Å²) in [7, 11) is 1.79. The first kappa shape index (κ1) is 34.4. The molecule has 0 amide bonds. The Hall–Kier alpha value is -5.48. The molecule has 0 aromatic heterocycles. The van der Waals surface area contributed by atoms with Crippen molar-refractivity contribution in [1.29, 1.82) is 0 Å². The lowest BCUT2D eigenvalue weighted by molar-refractivity contribution is 0.467. The lowest BCUT2D eigenvalue weighted by atomic mass is 9.63. The fraction of sp³-hybridized carbons (Fsp3) is 0.217. The Morgan fingerprint density at radius 1 is 0.940 bits per heavy atom. The first-order valence-electron chi connectivity index (χ1n) is 17.5. The molecule has 0 N–H and O–H groups in total. The zero-order valence-corrected chi connectivity index (χ0v) is 29.7. The number of nitrogens with zero attached hydrogens (tertiary/aromatic N) is 4. The first-order chi connectivity index (χ1) is 24.4. The lowest BCUT2D eigenvalue weighted by Gasteiger charge is -2.39. The zero-order valence-electron chi connectivity index (χ0n) is 29.7. The van der Waals surface area contributed by atoms with E-state index in [2.05, 4.69) is 148 Å². The Morgan fingerprint density at radius 3 is 2.60 bits per heavy atom. The van der Waals surface area contributed by atoms with Gasteiger partial charge in [0.1, 0.15) is 0 Å². The third-order valence-corrected chi connectivity index (χ3v) is 9.82. The van der Waals surface area contributed by atoms with Crippen molar-refractivity contribution in [3.63, 3.8) is 0 Å². The SMILES string of the molecule is C=C/C=C\N=C(C)C1(C2C=CC=CCC2)C2=C(C=C(C=NC(=NC(=NC)c3ccc(C)cc3)C3=CCC=C(C)C=C3)CC=C2)c2ccccc21. The third kappa shape index (κ3) is 7.11. The fourth-order valence-corrected chi connectivity index (χ4v) is 7.32. The minimum Gasteiger partial charge on any atom is -0.270 e. The topological polar surface area (TPSA) is 49.4 Å². The van der Waals surface area contributed by atoms with Crippen molar-refractivity contribution in [3.8, 4) is 0 Å². The van der Waals surface area contributed by atoms with Gasteiger partial charge in [-0.15, -0.1) is 0 Å². The maximum atomic E-state index is 5.12. The highest BCUT2D eigenvalue weighted by Crippen LogP contribution is 2.55. The van der Waals surface area contributed by atoms with Crippen LogP contribution in [0.4, 0.5) is 0 Å². The van der Waals surface area contributed by atoms with E-state index in [-0.39, 0.29) is 5.92 Å². The Morgan fingerprint density at radius 2 is 1.78 bits per heavy atom. The van der Waals surface area contributed by atoms with Crippen LogP contribution in [0.15, 0.2) is 183 Å². The van der Waals surface area contributed by atoms with Gasteiger partial charge in [0, 0.05) is 36.3 Å². The number of fused-ring (bicyclic) bond motifs is 2. The van der Waals surface area contributed by atoms with Crippen molar-refractivity contribution in [2.45, 2.75) is 51.9 Å². The fourth-order valence-electron chi connectivity index (χ4n) is 7.32. The molecule has 6 rings (SSSR count). The van der Waals surface area contributed by atoms with Crippen LogP contribution in [0, 0.1) is 12.8 Å². The molecule has 0 bridgehead atoms. The van der Waals surface area contributed by atoms with Gasteiger partial charge in [-0.05, 0) is 92.4 Å². The van der Waals surface area contributed by atoms with Crippen LogP contribution in [-0.4, -0.2) is 30.6 Å². The molecule has 2 aromatic carbocycles. The minimum atomic E-state index is -0.409. The predicted molar refractivity (Wildman–Crippen MR) is 215 cm³/mol. The maximum Gasteiger partial charge on any atom is 0.161 e. The number of hydrogen-bond donors (Lipinski definition) is 0. The van der Waals surface area contributed by atoms with Crippen LogP contribution < -0.4 is 0 Å². The summed E-state index contributed by atoms with van der Waals surface area (Å²) in [5.41, 5.74) is 11.2. The molecule has 0 heterocycles. The second-order valence-electron chi connectivity index (χ2n) is 13.1. The third-order valence-electron chi connectivity index (χ3n) is 9.82. The molecule has 4 nitrogen and oxygen atoms in total. The molecule has 0 aliphatic heterocycles. The van der Waals surface area contributed by atoms with Crippen LogP contribution >= 0.6 is 0 Å². The monoisotopic (exact) mass is 654 g/mol. The highest BCUT2D eigenvalue weighted by atomic mass is 15.0. The Kier molecular flexibility index (Phi) is 10.9. The van der Waals surface area contributed by atoms with Crippen LogP contribution in [0.3, 0.4) is 0 Å². The molecule has 2 aromatic rings. The van der Waals surface area contributed by atoms with Gasteiger partial charge in [-0.3, -0.25) is 9.98 Å². The van der Waals surface area contributed by atoms with E-state index in [1.54, 1.807) is 13.1 Å². The van der Waals surface area contributed by atoms with E-state index in [4.69, 9.17) is 15.0 Å². The summed E-state index contributed by atoms with van der Waals surface area (Å²) in [5, 5.41) is 0. The van der Waals surface area contributed by atoms with Gasteiger partial charge in [0.15, 0.2) is 11.7 Å². The Labute approximate surface area is 298 Å². The van der Waals surface area contributed by atoms with E-state index in [1.165, 1.54) is 33.4 Å². The summed E-state index contributed by atoms with van der Waals surface area (Å²) in [5.74, 6) is 1.53. The molecule has 2 unspecified atom stereocenters. The van der Waals surface area contributed by atoms with Crippen LogP contribution in [0.1, 0.15) is 61.8 Å². The molecule has 4 heteroatoms. The summed E-state index contributed by atoms with van der Waals surface area (Å²) in [6.07, 6.45) is 35.8. The van der Waals surface area contributed by atoms with Crippen LogP contribution in [0.2, 0.25) is 0 Å². The number of amidine groups is 2. The molecule has 0 radical (unpaired) electrons. The quantitative estimate of drug-likeness (QED) is 0.162. The van der Waals surface area contributed by atoms with Crippen molar-refractivity contribution >= 4 is 29.2 Å². The summed E-state index contributed by atoms with van der Waals surface area (Å²) in [4.78, 5) is 19.8. The van der Waals surface area contributed by atoms with Gasteiger partial charge in [-0.1, -0.05) is 133 Å². The van der Waals surface area contributed by atoms with Gasteiger partial charge >= 0.3 is 0 Å². The van der Waals surface area contributed by atoms with E-state index in [9.17, 15) is 0 Å². The second-order valence-corrected chi connectivity index (χ2v) is 13.1. The van der Waals surface area contributed by atoms with Crippen molar-refractivity contribution in [2.75, 3.05) is 7.05 Å². The van der Waals surface area contributed by atoms with E-state index < -0.39 is 5.41 Å². The highest BCUT2D eigenvalue weighted by molar-refractivity contribution is 6.15. The second kappa shape index (κ2) is 15.8. The average molecular weight is 655 g/mol. The van der Waals surface area contributed by atoms with Gasteiger partial charge < -0.3 is 0 Å². The molecule has 0 saturated heterocycles. The van der Waals surface area contributed by atoms with Gasteiger partial charge in [0.2, 0.25) is 0 Å². The number of allylic oxidation sites excluding steroid dienone is 16. The number of aryl methyl sites for hydroxylation is 1. The predicted octanol–water partition coefficient (Wildman–Crippen LogP) is 10.9. The standard InChI is InChI=1S/C46H46N4/c1-6-7-30-48-35(4)46(39-19-10-8-9-11-20-39)42-22-13-12-21-40(42)41-31-36(17-15-23-43(41)46)32-49-45(37-18-14-16-33(2)24-27-37)50-44(47-5)38-28-25-34(3)26-29-38/h6-10,12-13,15-16,18-19,21-32,39H,1,11,14,17,20H2,2-5H3/b30-7-,47-44?,48-35?,49-32?,50-45?.